The van der Waals surface area contributed by atoms with Gasteiger partial charge in [0.2, 0.25) is 0 Å². The van der Waals surface area contributed by atoms with E-state index < -0.39 is 27.8 Å². The summed E-state index contributed by atoms with van der Waals surface area (Å²) in [6.07, 6.45) is -2.04. The number of benzene rings is 3. The zero-order valence-corrected chi connectivity index (χ0v) is 20.0. The van der Waals surface area contributed by atoms with E-state index in [0.717, 1.165) is 35.4 Å². The summed E-state index contributed by atoms with van der Waals surface area (Å²) in [6, 6.07) is 11.6. The average molecular weight is 504 g/mol. The maximum Gasteiger partial charge on any atom is 0.268 e. The molecule has 35 heavy (non-hydrogen) atoms. The molecular weight excluding hydrogens is 479 g/mol. The molecule has 6 nitrogen and oxygen atoms in total. The highest BCUT2D eigenvalue weighted by molar-refractivity contribution is 7.90. The van der Waals surface area contributed by atoms with Crippen molar-refractivity contribution in [2.24, 2.45) is 0 Å². The summed E-state index contributed by atoms with van der Waals surface area (Å²) < 4.78 is 76.1. The molecule has 0 saturated carbocycles. The normalized spacial score (nSPS) is 15.4. The van der Waals surface area contributed by atoms with Crippen LogP contribution in [-0.4, -0.2) is 57.6 Å². The first kappa shape index (κ1) is 23.5. The lowest BCUT2D eigenvalue weighted by molar-refractivity contribution is 0.153. The molecule has 0 amide bonds. The second-order valence-electron chi connectivity index (χ2n) is 8.61. The molecule has 0 aliphatic carbocycles. The Morgan fingerprint density at radius 3 is 2.29 bits per heavy atom. The molecule has 0 radical (unpaired) electrons. The molecule has 184 valence electrons. The van der Waals surface area contributed by atoms with Crippen molar-refractivity contribution in [3.05, 3.63) is 66.1 Å². The van der Waals surface area contributed by atoms with Gasteiger partial charge < -0.3 is 14.5 Å². The van der Waals surface area contributed by atoms with E-state index in [1.807, 2.05) is 7.05 Å². The average Bonchev–Trinajstić information content (AvgIpc) is 3.23. The molecule has 1 saturated heterocycles. The molecule has 0 unspecified atom stereocenters. The van der Waals surface area contributed by atoms with Gasteiger partial charge in [0.1, 0.15) is 11.6 Å². The summed E-state index contributed by atoms with van der Waals surface area (Å²) in [4.78, 5) is 4.17. The molecule has 0 atom stereocenters. The molecule has 1 fully saturated rings. The van der Waals surface area contributed by atoms with Gasteiger partial charge in [0.15, 0.2) is 0 Å². The van der Waals surface area contributed by atoms with E-state index in [1.165, 1.54) is 19.2 Å². The molecular formula is C25H24F3N3O3S. The lowest BCUT2D eigenvalue weighted by Gasteiger charge is -2.35. The number of rotatable bonds is 5. The first-order valence-electron chi connectivity index (χ1n) is 11.1. The van der Waals surface area contributed by atoms with Crippen molar-refractivity contribution in [3.63, 3.8) is 0 Å². The maximum atomic E-state index is 14.1. The van der Waals surface area contributed by atoms with Crippen molar-refractivity contribution in [2.45, 2.75) is 11.3 Å². The highest BCUT2D eigenvalue weighted by atomic mass is 32.2. The van der Waals surface area contributed by atoms with E-state index in [-0.39, 0.29) is 15.8 Å². The van der Waals surface area contributed by atoms with Crippen molar-refractivity contribution in [2.75, 3.05) is 45.2 Å². The zero-order valence-electron chi connectivity index (χ0n) is 19.2. The summed E-state index contributed by atoms with van der Waals surface area (Å²) in [7, 11) is -0.845. The van der Waals surface area contributed by atoms with Crippen LogP contribution in [-0.2, 0) is 10.0 Å². The highest BCUT2D eigenvalue weighted by Crippen LogP contribution is 2.42. The van der Waals surface area contributed by atoms with Crippen LogP contribution >= 0.6 is 0 Å². The summed E-state index contributed by atoms with van der Waals surface area (Å²) >= 11 is 0. The van der Waals surface area contributed by atoms with E-state index in [4.69, 9.17) is 4.74 Å². The van der Waals surface area contributed by atoms with Crippen LogP contribution in [0.15, 0.2) is 59.6 Å². The molecule has 0 spiro atoms. The number of hydrogen-bond donors (Lipinski definition) is 0. The summed E-state index contributed by atoms with van der Waals surface area (Å²) in [6.45, 7) is 2.91. The third-order valence-corrected chi connectivity index (χ3v) is 8.24. The predicted octanol–water partition coefficient (Wildman–Crippen LogP) is 4.87. The predicted molar refractivity (Wildman–Crippen MR) is 130 cm³/mol. The Kier molecular flexibility index (Phi) is 5.88. The summed E-state index contributed by atoms with van der Waals surface area (Å²) in [5.74, 6) is -0.175. The highest BCUT2D eigenvalue weighted by Gasteiger charge is 2.29. The van der Waals surface area contributed by atoms with Gasteiger partial charge >= 0.3 is 0 Å². The zero-order chi connectivity index (χ0) is 24.9. The maximum absolute atomic E-state index is 14.1. The SMILES string of the molecule is COc1c(N2CCN(C)CC2)cc(S(=O)(=O)n2cc(C(F)F)c3ccc(F)cc32)c2ccccc12. The fourth-order valence-corrected chi connectivity index (χ4v) is 6.28. The third-order valence-electron chi connectivity index (χ3n) is 6.52. The second-order valence-corrected chi connectivity index (χ2v) is 10.4. The lowest BCUT2D eigenvalue weighted by atomic mass is 10.1. The number of halogens is 3. The molecule has 4 aromatic rings. The largest absolute Gasteiger partial charge is 0.494 e. The molecule has 10 heteroatoms. The third kappa shape index (κ3) is 3.90. The molecule has 1 aromatic heterocycles. The minimum absolute atomic E-state index is 0.0120. The number of anilines is 1. The second kappa shape index (κ2) is 8.76. The number of likely N-dealkylation sites (N-methyl/N-ethyl adjacent to an activating group) is 1. The van der Waals surface area contributed by atoms with Crippen LogP contribution in [0.5, 0.6) is 5.75 Å². The van der Waals surface area contributed by atoms with Crippen LogP contribution in [0.4, 0.5) is 18.9 Å². The Balaban J connectivity index is 1.79. The van der Waals surface area contributed by atoms with Crippen molar-refractivity contribution < 1.29 is 26.3 Å². The number of piperazine rings is 1. The van der Waals surface area contributed by atoms with Crippen LogP contribution in [0.2, 0.25) is 0 Å². The van der Waals surface area contributed by atoms with Gasteiger partial charge in [0, 0.05) is 54.1 Å². The molecule has 1 aliphatic rings. The first-order chi connectivity index (χ1) is 16.7. The number of ether oxygens (including phenoxy) is 1. The summed E-state index contributed by atoms with van der Waals surface area (Å²) in [5, 5.41) is 0.961. The standard InChI is InChI=1S/C25H24F3N3O3S/c1-29-9-11-30(12-10-29)22-14-23(18-5-3-4-6-19(18)24(22)34-2)35(32,33)31-15-20(25(27)28)17-8-7-16(26)13-21(17)31/h3-8,13-15,25H,9-12H2,1-2H3. The van der Waals surface area contributed by atoms with Gasteiger partial charge in [-0.1, -0.05) is 24.3 Å². The van der Waals surface area contributed by atoms with Crippen molar-refractivity contribution in [1.29, 1.82) is 0 Å². The van der Waals surface area contributed by atoms with Crippen LogP contribution in [0.25, 0.3) is 21.7 Å². The van der Waals surface area contributed by atoms with Gasteiger partial charge in [-0.05, 0) is 31.3 Å². The lowest BCUT2D eigenvalue weighted by Crippen LogP contribution is -2.44. The number of nitrogens with zero attached hydrogens (tertiary/aromatic N) is 3. The molecule has 0 N–H and O–H groups in total. The molecule has 1 aliphatic heterocycles. The smallest absolute Gasteiger partial charge is 0.268 e. The van der Waals surface area contributed by atoms with Crippen LogP contribution < -0.4 is 9.64 Å². The fraction of sp³-hybridized carbons (Fsp3) is 0.280. The number of alkyl halides is 2. The minimum Gasteiger partial charge on any atom is -0.494 e. The molecule has 3 aromatic carbocycles. The van der Waals surface area contributed by atoms with Gasteiger partial charge in [-0.2, -0.15) is 0 Å². The Bertz CT molecular complexity index is 1530. The van der Waals surface area contributed by atoms with E-state index in [1.54, 1.807) is 24.3 Å². The number of fused-ring (bicyclic) bond motifs is 2. The molecule has 5 rings (SSSR count). The molecule has 0 bridgehead atoms. The minimum atomic E-state index is -4.39. The van der Waals surface area contributed by atoms with Crippen molar-refractivity contribution in [3.8, 4) is 5.75 Å². The van der Waals surface area contributed by atoms with Gasteiger partial charge in [-0.25, -0.2) is 25.6 Å². The fourth-order valence-electron chi connectivity index (χ4n) is 4.69. The summed E-state index contributed by atoms with van der Waals surface area (Å²) in [5.41, 5.74) is -0.00312. The van der Waals surface area contributed by atoms with Gasteiger partial charge in [-0.3, -0.25) is 0 Å². The topological polar surface area (TPSA) is 54.8 Å². The van der Waals surface area contributed by atoms with E-state index >= 15 is 0 Å². The Morgan fingerprint density at radius 2 is 1.63 bits per heavy atom. The Hall–Kier alpha value is -3.24. The van der Waals surface area contributed by atoms with Crippen molar-refractivity contribution in [1.82, 2.24) is 8.87 Å². The van der Waals surface area contributed by atoms with Crippen LogP contribution in [0.1, 0.15) is 12.0 Å². The Labute approximate surface area is 201 Å². The van der Waals surface area contributed by atoms with Gasteiger partial charge in [0.25, 0.3) is 16.4 Å². The number of methoxy groups -OCH3 is 1. The monoisotopic (exact) mass is 503 g/mol. The quantitative estimate of drug-likeness (QED) is 0.389. The van der Waals surface area contributed by atoms with Gasteiger partial charge in [0.05, 0.1) is 23.2 Å². The van der Waals surface area contributed by atoms with E-state index in [0.29, 0.717) is 35.3 Å². The van der Waals surface area contributed by atoms with E-state index in [9.17, 15) is 21.6 Å². The Morgan fingerprint density at radius 1 is 0.943 bits per heavy atom. The van der Waals surface area contributed by atoms with Crippen molar-refractivity contribution >= 4 is 37.4 Å². The van der Waals surface area contributed by atoms with Crippen LogP contribution in [0, 0.1) is 5.82 Å². The van der Waals surface area contributed by atoms with E-state index in [2.05, 4.69) is 9.80 Å². The first-order valence-corrected chi connectivity index (χ1v) is 12.5. The van der Waals surface area contributed by atoms with Crippen LogP contribution in [0.3, 0.4) is 0 Å². The number of aromatic nitrogens is 1. The van der Waals surface area contributed by atoms with Gasteiger partial charge in [-0.15, -0.1) is 0 Å². The molecule has 2 heterocycles. The number of hydrogen-bond acceptors (Lipinski definition) is 5.